The molecule has 4 heteroatoms. The van der Waals surface area contributed by atoms with Crippen molar-refractivity contribution in [3.63, 3.8) is 0 Å². The summed E-state index contributed by atoms with van der Waals surface area (Å²) < 4.78 is 0. The lowest BCUT2D eigenvalue weighted by Gasteiger charge is -2.34. The molecule has 0 spiro atoms. The van der Waals surface area contributed by atoms with E-state index in [0.717, 1.165) is 0 Å². The van der Waals surface area contributed by atoms with Gasteiger partial charge in [0, 0.05) is 12.6 Å². The second-order valence-electron chi connectivity index (χ2n) is 5.88. The van der Waals surface area contributed by atoms with Crippen LogP contribution >= 0.6 is 0 Å². The lowest BCUT2D eigenvalue weighted by molar-refractivity contribution is -0.125. The van der Waals surface area contributed by atoms with Crippen molar-refractivity contribution < 1.29 is 9.59 Å². The van der Waals surface area contributed by atoms with Gasteiger partial charge in [0.1, 0.15) is 0 Å². The summed E-state index contributed by atoms with van der Waals surface area (Å²) in [6, 6.07) is 27.4. The van der Waals surface area contributed by atoms with Crippen LogP contribution in [0.1, 0.15) is 21.5 Å². The van der Waals surface area contributed by atoms with Gasteiger partial charge in [-0.05, 0) is 23.3 Å². The molecule has 0 aliphatic carbocycles. The number of rotatable bonds is 5. The molecule has 0 fully saturated rings. The number of carbonyl (C=O) groups excluding carboxylic acids is 2. The van der Waals surface area contributed by atoms with Crippen molar-refractivity contribution in [1.82, 2.24) is 10.6 Å². The molecule has 0 unspecified atom stereocenters. The van der Waals surface area contributed by atoms with E-state index < -0.39 is 5.54 Å². The molecule has 2 amide bonds. The molecule has 0 radical (unpaired) electrons. The summed E-state index contributed by atoms with van der Waals surface area (Å²) in [7, 11) is 1.57. The van der Waals surface area contributed by atoms with Crippen LogP contribution < -0.4 is 10.6 Å². The first-order chi connectivity index (χ1) is 12.7. The van der Waals surface area contributed by atoms with Gasteiger partial charge in [0.2, 0.25) is 0 Å². The van der Waals surface area contributed by atoms with Crippen molar-refractivity contribution in [3.8, 4) is 0 Å². The van der Waals surface area contributed by atoms with E-state index in [2.05, 4.69) is 10.6 Å². The Labute approximate surface area is 152 Å². The second-order valence-corrected chi connectivity index (χ2v) is 5.88. The smallest absolute Gasteiger partial charge is 0.254 e. The fourth-order valence-electron chi connectivity index (χ4n) is 3.03. The lowest BCUT2D eigenvalue weighted by Crippen LogP contribution is -2.56. The summed E-state index contributed by atoms with van der Waals surface area (Å²) in [4.78, 5) is 26.0. The Hall–Kier alpha value is -3.40. The molecule has 3 rings (SSSR count). The maximum atomic E-state index is 13.1. The highest BCUT2D eigenvalue weighted by molar-refractivity contribution is 6.01. The molecule has 0 heterocycles. The largest absolute Gasteiger partial charge is 0.357 e. The Morgan fingerprint density at radius 2 is 1.12 bits per heavy atom. The highest BCUT2D eigenvalue weighted by Gasteiger charge is 2.43. The van der Waals surface area contributed by atoms with Gasteiger partial charge in [-0.15, -0.1) is 0 Å². The first-order valence-corrected chi connectivity index (χ1v) is 8.39. The van der Waals surface area contributed by atoms with Gasteiger partial charge in [-0.2, -0.15) is 0 Å². The molecule has 4 nitrogen and oxygen atoms in total. The van der Waals surface area contributed by atoms with Crippen LogP contribution in [-0.4, -0.2) is 18.9 Å². The third kappa shape index (κ3) is 3.22. The Morgan fingerprint density at radius 1 is 0.692 bits per heavy atom. The topological polar surface area (TPSA) is 58.2 Å². The zero-order chi connectivity index (χ0) is 18.4. The van der Waals surface area contributed by atoms with Gasteiger partial charge in [0.05, 0.1) is 0 Å². The molecule has 3 aromatic rings. The molecule has 2 N–H and O–H groups in total. The molecular weight excluding hydrogens is 324 g/mol. The average Bonchev–Trinajstić information content (AvgIpc) is 2.73. The van der Waals surface area contributed by atoms with Crippen LogP contribution in [0.3, 0.4) is 0 Å². The number of hydrogen-bond donors (Lipinski definition) is 2. The van der Waals surface area contributed by atoms with E-state index in [-0.39, 0.29) is 11.8 Å². The standard InChI is InChI=1S/C22H20N2O2/c1-23-21(26)22(18-13-7-3-8-14-18,19-15-9-4-10-16-19)24-20(25)17-11-5-2-6-12-17/h2-16H,1H3,(H,23,26)(H,24,25). The van der Waals surface area contributed by atoms with Crippen LogP contribution in [0.25, 0.3) is 0 Å². The zero-order valence-electron chi connectivity index (χ0n) is 14.5. The zero-order valence-corrected chi connectivity index (χ0v) is 14.5. The highest BCUT2D eigenvalue weighted by Crippen LogP contribution is 2.30. The molecular formula is C22H20N2O2. The van der Waals surface area contributed by atoms with Crippen LogP contribution in [-0.2, 0) is 10.3 Å². The van der Waals surface area contributed by atoms with Crippen molar-refractivity contribution in [2.45, 2.75) is 5.54 Å². The van der Waals surface area contributed by atoms with Crippen LogP contribution in [0.4, 0.5) is 0 Å². The maximum absolute atomic E-state index is 13.1. The average molecular weight is 344 g/mol. The predicted molar refractivity (Wildman–Crippen MR) is 102 cm³/mol. The van der Waals surface area contributed by atoms with E-state index in [9.17, 15) is 9.59 Å². The summed E-state index contributed by atoms with van der Waals surface area (Å²) >= 11 is 0. The van der Waals surface area contributed by atoms with E-state index >= 15 is 0 Å². The van der Waals surface area contributed by atoms with E-state index in [1.54, 1.807) is 31.3 Å². The van der Waals surface area contributed by atoms with Crippen LogP contribution in [0.15, 0.2) is 91.0 Å². The van der Waals surface area contributed by atoms with Crippen molar-refractivity contribution >= 4 is 11.8 Å². The fourth-order valence-corrected chi connectivity index (χ4v) is 3.03. The number of hydrogen-bond acceptors (Lipinski definition) is 2. The molecule has 0 aliphatic heterocycles. The molecule has 0 saturated heterocycles. The summed E-state index contributed by atoms with van der Waals surface area (Å²) in [5.74, 6) is -0.624. The van der Waals surface area contributed by atoms with Gasteiger partial charge in [-0.25, -0.2) is 0 Å². The Balaban J connectivity index is 2.17. The Kier molecular flexibility index (Phi) is 5.13. The SMILES string of the molecule is CNC(=O)C(NC(=O)c1ccccc1)(c1ccccc1)c1ccccc1. The Bertz CT molecular complexity index is 838. The van der Waals surface area contributed by atoms with E-state index in [0.29, 0.717) is 16.7 Å². The van der Waals surface area contributed by atoms with Gasteiger partial charge in [0.25, 0.3) is 11.8 Å². The first kappa shape index (κ1) is 17.4. The molecule has 3 aromatic carbocycles. The molecule has 0 saturated carbocycles. The van der Waals surface area contributed by atoms with E-state index in [1.165, 1.54) is 0 Å². The van der Waals surface area contributed by atoms with E-state index in [1.807, 2.05) is 66.7 Å². The number of amides is 2. The summed E-state index contributed by atoms with van der Waals surface area (Å²) in [6.45, 7) is 0. The summed E-state index contributed by atoms with van der Waals surface area (Å²) in [5, 5.41) is 5.69. The molecule has 0 aromatic heterocycles. The number of nitrogens with one attached hydrogen (secondary N) is 2. The minimum absolute atomic E-state index is 0.306. The molecule has 0 bridgehead atoms. The van der Waals surface area contributed by atoms with Crippen molar-refractivity contribution in [2.75, 3.05) is 7.05 Å². The van der Waals surface area contributed by atoms with Gasteiger partial charge in [0.15, 0.2) is 5.54 Å². The van der Waals surface area contributed by atoms with Crippen LogP contribution in [0.2, 0.25) is 0 Å². The number of likely N-dealkylation sites (N-methyl/N-ethyl adjacent to an activating group) is 1. The summed E-state index contributed by atoms with van der Waals surface area (Å²) in [6.07, 6.45) is 0. The highest BCUT2D eigenvalue weighted by atomic mass is 16.2. The van der Waals surface area contributed by atoms with Crippen molar-refractivity contribution in [1.29, 1.82) is 0 Å². The third-order valence-corrected chi connectivity index (χ3v) is 4.32. The minimum Gasteiger partial charge on any atom is -0.357 e. The second kappa shape index (κ2) is 7.66. The Morgan fingerprint density at radius 3 is 1.54 bits per heavy atom. The van der Waals surface area contributed by atoms with E-state index in [4.69, 9.17) is 0 Å². The normalized spacial score (nSPS) is 10.8. The number of carbonyl (C=O) groups is 2. The first-order valence-electron chi connectivity index (χ1n) is 8.39. The van der Waals surface area contributed by atoms with Crippen LogP contribution in [0, 0.1) is 0 Å². The van der Waals surface area contributed by atoms with Gasteiger partial charge < -0.3 is 10.6 Å². The lowest BCUT2D eigenvalue weighted by atomic mass is 9.81. The molecule has 26 heavy (non-hydrogen) atoms. The molecule has 0 aliphatic rings. The quantitative estimate of drug-likeness (QED) is 0.747. The van der Waals surface area contributed by atoms with Gasteiger partial charge in [-0.1, -0.05) is 78.9 Å². The monoisotopic (exact) mass is 344 g/mol. The number of benzene rings is 3. The maximum Gasteiger partial charge on any atom is 0.254 e. The molecule has 0 atom stereocenters. The van der Waals surface area contributed by atoms with Crippen molar-refractivity contribution in [2.24, 2.45) is 0 Å². The summed E-state index contributed by atoms with van der Waals surface area (Å²) in [5.41, 5.74) is 0.543. The molecule has 130 valence electrons. The van der Waals surface area contributed by atoms with Gasteiger partial charge >= 0.3 is 0 Å². The minimum atomic E-state index is -1.33. The third-order valence-electron chi connectivity index (χ3n) is 4.32. The van der Waals surface area contributed by atoms with Crippen LogP contribution in [0.5, 0.6) is 0 Å². The fraction of sp³-hybridized carbons (Fsp3) is 0.0909. The van der Waals surface area contributed by atoms with Gasteiger partial charge in [-0.3, -0.25) is 9.59 Å². The van der Waals surface area contributed by atoms with Crippen molar-refractivity contribution in [3.05, 3.63) is 108 Å². The predicted octanol–water partition coefficient (Wildman–Crippen LogP) is 3.11.